The van der Waals surface area contributed by atoms with E-state index in [9.17, 15) is 20.0 Å². The number of hydrogen-bond acceptors (Lipinski definition) is 5. The smallest absolute Gasteiger partial charge is 0.354 e. The summed E-state index contributed by atoms with van der Waals surface area (Å²) in [7, 11) is 0. The molecule has 0 atom stereocenters. The third-order valence-corrected chi connectivity index (χ3v) is 4.30. The van der Waals surface area contributed by atoms with Crippen LogP contribution >= 0.6 is 15.9 Å². The normalized spacial score (nSPS) is 10.7. The van der Waals surface area contributed by atoms with E-state index in [2.05, 4.69) is 20.9 Å². The zero-order chi connectivity index (χ0) is 18.8. The number of fused-ring (bicyclic) bond motifs is 1. The van der Waals surface area contributed by atoms with Crippen LogP contribution < -0.4 is 4.74 Å². The summed E-state index contributed by atoms with van der Waals surface area (Å²) < 4.78 is 6.35. The molecule has 1 aromatic heterocycles. The number of aromatic carboxylic acids is 1. The molecule has 0 saturated heterocycles. The molecule has 0 fully saturated rings. The molecular weight excluding hydrogens is 404 g/mol. The largest absolute Gasteiger partial charge is 0.488 e. The van der Waals surface area contributed by atoms with Crippen molar-refractivity contribution in [3.8, 4) is 5.75 Å². The van der Waals surface area contributed by atoms with Crippen LogP contribution in [0.5, 0.6) is 5.75 Å². The number of benzene rings is 2. The minimum Gasteiger partial charge on any atom is -0.488 e. The van der Waals surface area contributed by atoms with Crippen molar-refractivity contribution in [3.05, 3.63) is 73.9 Å². The van der Waals surface area contributed by atoms with Gasteiger partial charge >= 0.3 is 5.97 Å². The molecule has 1 heterocycles. The van der Waals surface area contributed by atoms with Gasteiger partial charge in [-0.15, -0.1) is 0 Å². The number of nitro groups is 1. The Labute approximate surface area is 156 Å². The Morgan fingerprint density at radius 2 is 2.00 bits per heavy atom. The average Bonchev–Trinajstić information content (AvgIpc) is 2.60. The topological polar surface area (TPSA) is 103 Å². The van der Waals surface area contributed by atoms with Crippen LogP contribution in [0.2, 0.25) is 0 Å². The van der Waals surface area contributed by atoms with Gasteiger partial charge in [0.1, 0.15) is 12.4 Å². The molecule has 3 aromatic rings. The van der Waals surface area contributed by atoms with Gasteiger partial charge in [-0.1, -0.05) is 46.3 Å². The molecule has 0 amide bonds. The first-order chi connectivity index (χ1) is 12.4. The van der Waals surface area contributed by atoms with Gasteiger partial charge in [-0.3, -0.25) is 10.1 Å². The number of ether oxygens (including phenoxy) is 1. The monoisotopic (exact) mass is 416 g/mol. The van der Waals surface area contributed by atoms with Crippen molar-refractivity contribution in [1.29, 1.82) is 0 Å². The Hall–Kier alpha value is -3.00. The first-order valence-corrected chi connectivity index (χ1v) is 8.36. The Morgan fingerprint density at radius 3 is 2.62 bits per heavy atom. The van der Waals surface area contributed by atoms with Gasteiger partial charge < -0.3 is 9.84 Å². The van der Waals surface area contributed by atoms with E-state index < -0.39 is 10.9 Å². The molecule has 0 unspecified atom stereocenters. The van der Waals surface area contributed by atoms with Gasteiger partial charge in [0.2, 0.25) is 0 Å². The molecule has 0 aliphatic rings. The van der Waals surface area contributed by atoms with Crippen LogP contribution in [0.4, 0.5) is 5.69 Å². The molecule has 132 valence electrons. The van der Waals surface area contributed by atoms with E-state index in [4.69, 9.17) is 4.74 Å². The first kappa shape index (κ1) is 17.8. The lowest BCUT2D eigenvalue weighted by molar-refractivity contribution is -0.383. The second-order valence-corrected chi connectivity index (χ2v) is 6.49. The van der Waals surface area contributed by atoms with Crippen molar-refractivity contribution in [3.63, 3.8) is 0 Å². The Bertz CT molecular complexity index is 1020. The maximum Gasteiger partial charge on any atom is 0.354 e. The first-order valence-electron chi connectivity index (χ1n) is 7.56. The third kappa shape index (κ3) is 3.36. The molecule has 0 aliphatic carbocycles. The van der Waals surface area contributed by atoms with Crippen molar-refractivity contribution >= 4 is 38.5 Å². The molecule has 0 bridgehead atoms. The summed E-state index contributed by atoms with van der Waals surface area (Å²) in [5.41, 5.74) is 0.614. The van der Waals surface area contributed by atoms with Gasteiger partial charge in [0.05, 0.1) is 10.3 Å². The molecule has 3 rings (SSSR count). The van der Waals surface area contributed by atoms with Crippen molar-refractivity contribution in [2.45, 2.75) is 13.5 Å². The fourth-order valence-electron chi connectivity index (χ4n) is 2.64. The number of carboxylic acids is 1. The van der Waals surface area contributed by atoms with E-state index in [1.807, 2.05) is 30.3 Å². The lowest BCUT2D eigenvalue weighted by Crippen LogP contribution is -2.08. The average molecular weight is 417 g/mol. The fraction of sp³-hybridized carbons (Fsp3) is 0.111. The minimum absolute atomic E-state index is 0.0238. The lowest BCUT2D eigenvalue weighted by atomic mass is 10.1. The Kier molecular flexibility index (Phi) is 4.85. The van der Waals surface area contributed by atoms with Crippen LogP contribution in [-0.4, -0.2) is 21.0 Å². The van der Waals surface area contributed by atoms with Crippen LogP contribution in [0.25, 0.3) is 10.9 Å². The van der Waals surface area contributed by atoms with Crippen molar-refractivity contribution in [2.75, 3.05) is 0 Å². The summed E-state index contributed by atoms with van der Waals surface area (Å²) in [6.07, 6.45) is 0. The van der Waals surface area contributed by atoms with Crippen LogP contribution in [-0.2, 0) is 6.61 Å². The van der Waals surface area contributed by atoms with Gasteiger partial charge in [-0.25, -0.2) is 9.78 Å². The number of rotatable bonds is 5. The van der Waals surface area contributed by atoms with Gasteiger partial charge in [0.15, 0.2) is 11.2 Å². The maximum absolute atomic E-state index is 11.5. The van der Waals surface area contributed by atoms with Crippen LogP contribution in [0, 0.1) is 17.0 Å². The second-order valence-electron chi connectivity index (χ2n) is 5.57. The highest BCUT2D eigenvalue weighted by atomic mass is 79.9. The van der Waals surface area contributed by atoms with E-state index in [-0.39, 0.29) is 29.3 Å². The van der Waals surface area contributed by atoms with Crippen molar-refractivity contribution in [1.82, 2.24) is 4.98 Å². The van der Waals surface area contributed by atoms with E-state index >= 15 is 0 Å². The standard InChI is InChI=1S/C18H13BrN2O5/c1-10-15(18(22)23)20-16-13(7-12(19)8-14(16)21(24)25)17(10)26-9-11-5-3-2-4-6-11/h2-8H,9H2,1H3,(H,22,23). The predicted octanol–water partition coefficient (Wildman–Crippen LogP) is 4.49. The summed E-state index contributed by atoms with van der Waals surface area (Å²) in [6.45, 7) is 1.77. The van der Waals surface area contributed by atoms with Crippen LogP contribution in [0.3, 0.4) is 0 Å². The molecule has 7 nitrogen and oxygen atoms in total. The molecule has 0 radical (unpaired) electrons. The van der Waals surface area contributed by atoms with Gasteiger partial charge in [0, 0.05) is 16.1 Å². The summed E-state index contributed by atoms with van der Waals surface area (Å²) >= 11 is 3.25. The van der Waals surface area contributed by atoms with E-state index in [1.54, 1.807) is 13.0 Å². The summed E-state index contributed by atoms with van der Waals surface area (Å²) in [5, 5.41) is 21.2. The minimum atomic E-state index is -1.27. The maximum atomic E-state index is 11.5. The number of nitrogens with zero attached hydrogens (tertiary/aromatic N) is 2. The highest BCUT2D eigenvalue weighted by Crippen LogP contribution is 2.37. The summed E-state index contributed by atoms with van der Waals surface area (Å²) in [6, 6.07) is 12.3. The molecule has 8 heteroatoms. The van der Waals surface area contributed by atoms with E-state index in [0.29, 0.717) is 15.4 Å². The highest BCUT2D eigenvalue weighted by Gasteiger charge is 2.24. The number of aromatic nitrogens is 1. The molecule has 0 aliphatic heterocycles. The number of nitro benzene ring substituents is 1. The lowest BCUT2D eigenvalue weighted by Gasteiger charge is -2.14. The molecule has 0 spiro atoms. The van der Waals surface area contributed by atoms with Gasteiger partial charge in [-0.05, 0) is 18.6 Å². The molecule has 1 N–H and O–H groups in total. The molecule has 26 heavy (non-hydrogen) atoms. The van der Waals surface area contributed by atoms with Crippen molar-refractivity contribution < 1.29 is 19.6 Å². The number of halogens is 1. The number of carbonyl (C=O) groups is 1. The second kappa shape index (κ2) is 7.09. The molecular formula is C18H13BrN2O5. The van der Waals surface area contributed by atoms with Crippen molar-refractivity contribution in [2.24, 2.45) is 0 Å². The van der Waals surface area contributed by atoms with Crippen LogP contribution in [0.1, 0.15) is 21.6 Å². The predicted molar refractivity (Wildman–Crippen MR) is 98.6 cm³/mol. The third-order valence-electron chi connectivity index (χ3n) is 3.84. The van der Waals surface area contributed by atoms with Gasteiger partial charge in [0.25, 0.3) is 5.69 Å². The Balaban J connectivity index is 2.23. The van der Waals surface area contributed by atoms with E-state index in [0.717, 1.165) is 5.56 Å². The van der Waals surface area contributed by atoms with Gasteiger partial charge in [-0.2, -0.15) is 0 Å². The quantitative estimate of drug-likeness (QED) is 0.485. The number of pyridine rings is 1. The zero-order valence-electron chi connectivity index (χ0n) is 13.6. The number of non-ortho nitro benzene ring substituents is 1. The molecule has 2 aromatic carbocycles. The zero-order valence-corrected chi connectivity index (χ0v) is 15.2. The summed E-state index contributed by atoms with van der Waals surface area (Å²) in [4.78, 5) is 26.3. The highest BCUT2D eigenvalue weighted by molar-refractivity contribution is 9.10. The Morgan fingerprint density at radius 1 is 1.31 bits per heavy atom. The fourth-order valence-corrected chi connectivity index (χ4v) is 3.09. The number of carboxylic acid groups (broad SMARTS) is 1. The van der Waals surface area contributed by atoms with Crippen LogP contribution in [0.15, 0.2) is 46.9 Å². The summed E-state index contributed by atoms with van der Waals surface area (Å²) in [5.74, 6) is -1.01. The SMILES string of the molecule is Cc1c(C(=O)O)nc2c([N+](=O)[O-])cc(Br)cc2c1OCc1ccccc1. The molecule has 0 saturated carbocycles. The van der Waals surface area contributed by atoms with E-state index in [1.165, 1.54) is 6.07 Å². The number of hydrogen-bond donors (Lipinski definition) is 1.